The predicted octanol–water partition coefficient (Wildman–Crippen LogP) is 3.38. The van der Waals surface area contributed by atoms with Gasteiger partial charge < -0.3 is 14.2 Å². The largest absolute Gasteiger partial charge is 0.461 e. The average molecular weight is 348 g/mol. The van der Waals surface area contributed by atoms with Crippen LogP contribution in [0.5, 0.6) is 0 Å². The average Bonchev–Trinajstić information content (AvgIpc) is 3.09. The molecule has 6 heteroatoms. The van der Waals surface area contributed by atoms with Crippen LogP contribution in [0.25, 0.3) is 10.2 Å². The first-order valence-corrected chi connectivity index (χ1v) is 9.39. The fourth-order valence-electron chi connectivity index (χ4n) is 3.62. The van der Waals surface area contributed by atoms with Crippen LogP contribution >= 0.6 is 11.3 Å². The Morgan fingerprint density at radius 1 is 1.29 bits per heavy atom. The summed E-state index contributed by atoms with van der Waals surface area (Å²) in [5.41, 5.74) is 1.39. The zero-order valence-corrected chi connectivity index (χ0v) is 15.3. The molecule has 1 aliphatic rings. The Morgan fingerprint density at radius 2 is 2.00 bits per heavy atom. The van der Waals surface area contributed by atoms with Crippen molar-refractivity contribution in [2.45, 2.75) is 33.7 Å². The number of rotatable bonds is 4. The van der Waals surface area contributed by atoms with Crippen molar-refractivity contribution < 1.29 is 14.3 Å². The number of carbonyl (C=O) groups is 2. The zero-order valence-electron chi connectivity index (χ0n) is 14.4. The number of thiophene rings is 1. The monoisotopic (exact) mass is 348 g/mol. The molecule has 5 nitrogen and oxygen atoms in total. The molecule has 0 radical (unpaired) electrons. The molecule has 0 aromatic carbocycles. The number of hydrogen-bond donors (Lipinski definition) is 0. The molecule has 2 unspecified atom stereocenters. The van der Waals surface area contributed by atoms with E-state index in [2.05, 4.69) is 13.8 Å². The summed E-state index contributed by atoms with van der Waals surface area (Å²) in [4.78, 5) is 27.0. The van der Waals surface area contributed by atoms with E-state index in [9.17, 15) is 9.59 Å². The number of aromatic nitrogens is 1. The normalized spacial score (nSPS) is 21.2. The molecule has 0 saturated carbocycles. The van der Waals surface area contributed by atoms with E-state index >= 15 is 0 Å². The van der Waals surface area contributed by atoms with Crippen molar-refractivity contribution >= 4 is 33.4 Å². The second-order valence-electron chi connectivity index (χ2n) is 6.75. The molecule has 1 aliphatic heterocycles. The van der Waals surface area contributed by atoms with Crippen LogP contribution in [-0.2, 0) is 16.1 Å². The minimum Gasteiger partial charge on any atom is -0.461 e. The van der Waals surface area contributed by atoms with Gasteiger partial charge in [0.05, 0.1) is 16.8 Å². The van der Waals surface area contributed by atoms with Crippen molar-refractivity contribution in [1.29, 1.82) is 0 Å². The van der Waals surface area contributed by atoms with Crippen LogP contribution in [0.1, 0.15) is 37.7 Å². The third-order valence-electron chi connectivity index (χ3n) is 4.52. The Balaban J connectivity index is 1.85. The van der Waals surface area contributed by atoms with Gasteiger partial charge in [-0.25, -0.2) is 4.79 Å². The Bertz CT molecular complexity index is 739. The molecular formula is C18H24N2O3S. The van der Waals surface area contributed by atoms with E-state index in [0.29, 0.717) is 24.1 Å². The molecule has 0 spiro atoms. The summed E-state index contributed by atoms with van der Waals surface area (Å²) in [6.07, 6.45) is 1.16. The number of fused-ring (bicyclic) bond motifs is 1. The lowest BCUT2D eigenvalue weighted by Gasteiger charge is -2.35. The van der Waals surface area contributed by atoms with Gasteiger partial charge in [-0.2, -0.15) is 0 Å². The van der Waals surface area contributed by atoms with Gasteiger partial charge in [0.1, 0.15) is 12.2 Å². The van der Waals surface area contributed by atoms with Gasteiger partial charge in [0, 0.05) is 13.1 Å². The Labute approximate surface area is 146 Å². The Hall–Kier alpha value is -1.82. The maximum atomic E-state index is 12.8. The van der Waals surface area contributed by atoms with Gasteiger partial charge in [0.15, 0.2) is 0 Å². The molecule has 3 rings (SSSR count). The van der Waals surface area contributed by atoms with Crippen LogP contribution in [0.15, 0.2) is 17.5 Å². The molecule has 2 aromatic heterocycles. The minimum atomic E-state index is -0.367. The lowest BCUT2D eigenvalue weighted by Crippen LogP contribution is -2.44. The number of hydrogen-bond acceptors (Lipinski definition) is 4. The Kier molecular flexibility index (Phi) is 4.94. The fourth-order valence-corrected chi connectivity index (χ4v) is 4.45. The van der Waals surface area contributed by atoms with E-state index < -0.39 is 0 Å². The number of likely N-dealkylation sites (tertiary alicyclic amines) is 1. The van der Waals surface area contributed by atoms with Crippen LogP contribution in [-0.4, -0.2) is 41.0 Å². The molecule has 1 saturated heterocycles. The summed E-state index contributed by atoms with van der Waals surface area (Å²) >= 11 is 1.57. The smallest absolute Gasteiger partial charge is 0.355 e. The highest BCUT2D eigenvalue weighted by Gasteiger charge is 2.27. The standard InChI is InChI=1S/C18H24N2O3S/c1-4-23-18(22)15-8-16-14(5-6-24-16)20(15)11-17(21)19-9-12(2)7-13(3)10-19/h5-6,8,12-13H,4,7,9-11H2,1-3H3. The Morgan fingerprint density at radius 3 is 2.67 bits per heavy atom. The highest BCUT2D eigenvalue weighted by atomic mass is 32.1. The molecule has 130 valence electrons. The molecular weight excluding hydrogens is 324 g/mol. The third-order valence-corrected chi connectivity index (χ3v) is 5.38. The number of amides is 1. The van der Waals surface area contributed by atoms with E-state index in [1.807, 2.05) is 22.4 Å². The second-order valence-corrected chi connectivity index (χ2v) is 7.70. The van der Waals surface area contributed by atoms with Crippen molar-refractivity contribution in [2.75, 3.05) is 19.7 Å². The second kappa shape index (κ2) is 6.97. The molecule has 0 aliphatic carbocycles. The molecule has 0 bridgehead atoms. The van der Waals surface area contributed by atoms with Crippen molar-refractivity contribution in [1.82, 2.24) is 9.47 Å². The molecule has 2 aromatic rings. The number of ether oxygens (including phenoxy) is 1. The summed E-state index contributed by atoms with van der Waals surface area (Å²) in [5.74, 6) is 0.748. The number of nitrogens with zero attached hydrogens (tertiary/aromatic N) is 2. The molecule has 3 heterocycles. The first kappa shape index (κ1) is 17.0. The van der Waals surface area contributed by atoms with E-state index in [4.69, 9.17) is 4.74 Å². The van der Waals surface area contributed by atoms with Gasteiger partial charge in [0.2, 0.25) is 5.91 Å². The first-order chi connectivity index (χ1) is 11.5. The van der Waals surface area contributed by atoms with Gasteiger partial charge in [-0.3, -0.25) is 4.79 Å². The predicted molar refractivity (Wildman–Crippen MR) is 95.3 cm³/mol. The lowest BCUT2D eigenvalue weighted by atomic mass is 9.92. The van der Waals surface area contributed by atoms with E-state index in [0.717, 1.165) is 29.7 Å². The highest BCUT2D eigenvalue weighted by Crippen LogP contribution is 2.27. The third kappa shape index (κ3) is 3.34. The van der Waals surface area contributed by atoms with Crippen molar-refractivity contribution in [2.24, 2.45) is 11.8 Å². The summed E-state index contributed by atoms with van der Waals surface area (Å²) in [5, 5.41) is 1.98. The number of esters is 1. The van der Waals surface area contributed by atoms with E-state index in [1.165, 1.54) is 0 Å². The van der Waals surface area contributed by atoms with Gasteiger partial charge in [0.25, 0.3) is 0 Å². The maximum Gasteiger partial charge on any atom is 0.355 e. The first-order valence-electron chi connectivity index (χ1n) is 8.51. The maximum absolute atomic E-state index is 12.8. The molecule has 1 fully saturated rings. The fraction of sp³-hybridized carbons (Fsp3) is 0.556. The quantitative estimate of drug-likeness (QED) is 0.796. The lowest BCUT2D eigenvalue weighted by molar-refractivity contribution is -0.134. The molecule has 0 N–H and O–H groups in total. The topological polar surface area (TPSA) is 51.5 Å². The van der Waals surface area contributed by atoms with Crippen LogP contribution < -0.4 is 0 Å². The van der Waals surface area contributed by atoms with Crippen molar-refractivity contribution in [3.05, 3.63) is 23.2 Å². The summed E-state index contributed by atoms with van der Waals surface area (Å²) in [6.45, 7) is 8.27. The summed E-state index contributed by atoms with van der Waals surface area (Å²) < 4.78 is 7.96. The zero-order chi connectivity index (χ0) is 17.3. The van der Waals surface area contributed by atoms with Crippen LogP contribution in [0.2, 0.25) is 0 Å². The summed E-state index contributed by atoms with van der Waals surface area (Å²) in [7, 11) is 0. The SMILES string of the molecule is CCOC(=O)c1cc2sccc2n1CC(=O)N1CC(C)CC(C)C1. The van der Waals surface area contributed by atoms with Gasteiger partial charge in [-0.05, 0) is 42.7 Å². The van der Waals surface area contributed by atoms with E-state index in [1.54, 1.807) is 22.8 Å². The molecule has 1 amide bonds. The molecule has 24 heavy (non-hydrogen) atoms. The van der Waals surface area contributed by atoms with Crippen molar-refractivity contribution in [3.8, 4) is 0 Å². The number of piperidine rings is 1. The van der Waals surface area contributed by atoms with Crippen molar-refractivity contribution in [3.63, 3.8) is 0 Å². The molecule has 2 atom stereocenters. The van der Waals surface area contributed by atoms with Gasteiger partial charge in [-0.15, -0.1) is 11.3 Å². The van der Waals surface area contributed by atoms with Crippen LogP contribution in [0.4, 0.5) is 0 Å². The van der Waals surface area contributed by atoms with Crippen LogP contribution in [0, 0.1) is 11.8 Å². The summed E-state index contributed by atoms with van der Waals surface area (Å²) in [6, 6.07) is 3.78. The van der Waals surface area contributed by atoms with Gasteiger partial charge >= 0.3 is 5.97 Å². The van der Waals surface area contributed by atoms with E-state index in [-0.39, 0.29) is 18.4 Å². The van der Waals surface area contributed by atoms with Crippen LogP contribution in [0.3, 0.4) is 0 Å². The highest BCUT2D eigenvalue weighted by molar-refractivity contribution is 7.17. The number of carbonyl (C=O) groups excluding carboxylic acids is 2. The van der Waals surface area contributed by atoms with Gasteiger partial charge in [-0.1, -0.05) is 13.8 Å². The minimum absolute atomic E-state index is 0.0719.